The van der Waals surface area contributed by atoms with E-state index in [9.17, 15) is 31.1 Å². The molecular formula is C24H23ClF6N4O2. The average molecular weight is 549 g/mol. The summed E-state index contributed by atoms with van der Waals surface area (Å²) in [5, 5.41) is 10.3. The maximum Gasteiger partial charge on any atom is 0.432 e. The Bertz CT molecular complexity index is 1160. The molecule has 0 saturated carbocycles. The van der Waals surface area contributed by atoms with Gasteiger partial charge in [-0.05, 0) is 60.5 Å². The number of hydrogen-bond acceptors (Lipinski definition) is 6. The normalized spacial score (nSPS) is 13.7. The lowest BCUT2D eigenvalue weighted by atomic mass is 10.0. The zero-order valence-corrected chi connectivity index (χ0v) is 19.8. The number of hydrogen-bond donors (Lipinski definition) is 4. The van der Waals surface area contributed by atoms with Crippen molar-refractivity contribution in [1.82, 2.24) is 0 Å². The van der Waals surface area contributed by atoms with Crippen molar-refractivity contribution in [2.75, 3.05) is 11.9 Å². The van der Waals surface area contributed by atoms with Crippen molar-refractivity contribution in [3.05, 3.63) is 82.5 Å². The molecule has 2 rings (SSSR count). The number of benzene rings is 2. The second-order valence-electron chi connectivity index (χ2n) is 7.65. The van der Waals surface area contributed by atoms with Gasteiger partial charge in [0.15, 0.2) is 0 Å². The molecule has 6 nitrogen and oxygen atoms in total. The molecule has 0 aliphatic heterocycles. The number of anilines is 1. The number of rotatable bonds is 10. The fourth-order valence-electron chi connectivity index (χ4n) is 2.99. The van der Waals surface area contributed by atoms with Crippen LogP contribution in [-0.4, -0.2) is 36.7 Å². The van der Waals surface area contributed by atoms with Crippen LogP contribution in [0.4, 0.5) is 32.0 Å². The Hall–Kier alpha value is -3.51. The highest BCUT2D eigenvalue weighted by atomic mass is 35.5. The van der Waals surface area contributed by atoms with Crippen LogP contribution in [-0.2, 0) is 4.74 Å². The molecule has 200 valence electrons. The fraction of sp³-hybridized carbons (Fsp3) is 0.250. The van der Waals surface area contributed by atoms with Crippen LogP contribution in [0.5, 0.6) is 0 Å². The molecule has 1 unspecified atom stereocenters. The SMILES string of the molecule is N=C(/C=C(\Nc1ccccc1Cl)c1ccc(C(=O)OCCC/C(=C/N)C(N)C(F)(F)F)cc1)C(F)(F)F. The predicted octanol–water partition coefficient (Wildman–Crippen LogP) is 6.04. The lowest BCUT2D eigenvalue weighted by molar-refractivity contribution is -0.139. The summed E-state index contributed by atoms with van der Waals surface area (Å²) in [5.41, 5.74) is 8.93. The average Bonchev–Trinajstić information content (AvgIpc) is 2.83. The van der Waals surface area contributed by atoms with Gasteiger partial charge in [0.25, 0.3) is 0 Å². The predicted molar refractivity (Wildman–Crippen MR) is 129 cm³/mol. The van der Waals surface area contributed by atoms with Gasteiger partial charge in [0.05, 0.1) is 22.9 Å². The zero-order chi connectivity index (χ0) is 27.8. The molecule has 1 atom stereocenters. The van der Waals surface area contributed by atoms with Crippen LogP contribution >= 0.6 is 11.6 Å². The van der Waals surface area contributed by atoms with E-state index in [0.717, 1.165) is 6.20 Å². The van der Waals surface area contributed by atoms with Gasteiger partial charge in [-0.15, -0.1) is 0 Å². The molecule has 2 aromatic carbocycles. The molecule has 0 bridgehead atoms. The summed E-state index contributed by atoms with van der Waals surface area (Å²) in [6, 6.07) is 9.35. The van der Waals surface area contributed by atoms with E-state index in [1.807, 2.05) is 0 Å². The topological polar surface area (TPSA) is 114 Å². The first-order chi connectivity index (χ1) is 17.2. The highest BCUT2D eigenvalue weighted by molar-refractivity contribution is 6.33. The summed E-state index contributed by atoms with van der Waals surface area (Å²) in [6.07, 6.45) is -8.29. The number of nitrogens with one attached hydrogen (secondary N) is 2. The number of carbonyl (C=O) groups is 1. The van der Waals surface area contributed by atoms with E-state index < -0.39 is 30.1 Å². The van der Waals surface area contributed by atoms with Crippen LogP contribution in [0.25, 0.3) is 5.70 Å². The molecule has 0 spiro atoms. The second-order valence-corrected chi connectivity index (χ2v) is 8.06. The maximum absolute atomic E-state index is 13.0. The van der Waals surface area contributed by atoms with Crippen molar-refractivity contribution in [3.8, 4) is 0 Å². The van der Waals surface area contributed by atoms with Crippen molar-refractivity contribution in [2.24, 2.45) is 11.5 Å². The smallest absolute Gasteiger partial charge is 0.432 e. The summed E-state index contributed by atoms with van der Waals surface area (Å²) >= 11 is 6.08. The molecule has 0 radical (unpaired) electrons. The second kappa shape index (κ2) is 12.6. The van der Waals surface area contributed by atoms with Gasteiger partial charge in [-0.25, -0.2) is 4.79 Å². The van der Waals surface area contributed by atoms with Gasteiger partial charge in [0, 0.05) is 5.70 Å². The largest absolute Gasteiger partial charge is 0.462 e. The minimum absolute atomic E-state index is 0.0326. The van der Waals surface area contributed by atoms with E-state index in [1.165, 1.54) is 36.4 Å². The lowest BCUT2D eigenvalue weighted by Gasteiger charge is -2.18. The maximum atomic E-state index is 13.0. The lowest BCUT2D eigenvalue weighted by Crippen LogP contribution is -2.39. The van der Waals surface area contributed by atoms with Gasteiger partial charge in [-0.2, -0.15) is 26.3 Å². The first-order valence-corrected chi connectivity index (χ1v) is 11.0. The van der Waals surface area contributed by atoms with Crippen LogP contribution in [0.3, 0.4) is 0 Å². The van der Waals surface area contributed by atoms with E-state index in [-0.39, 0.29) is 46.9 Å². The molecule has 0 aromatic heterocycles. The quantitative estimate of drug-likeness (QED) is 0.125. The number of halogens is 7. The summed E-state index contributed by atoms with van der Waals surface area (Å²) in [4.78, 5) is 12.3. The molecule has 6 N–H and O–H groups in total. The number of ether oxygens (including phenoxy) is 1. The Morgan fingerprint density at radius 2 is 1.65 bits per heavy atom. The Morgan fingerprint density at radius 3 is 2.19 bits per heavy atom. The van der Waals surface area contributed by atoms with Crippen LogP contribution in [0.15, 0.2) is 66.4 Å². The molecule has 0 aliphatic rings. The molecule has 0 fully saturated rings. The van der Waals surface area contributed by atoms with Crippen molar-refractivity contribution >= 4 is 34.7 Å². The standard InChI is InChI=1S/C24H23ClF6N4O2/c25-17-5-1-2-6-18(17)35-19(12-20(33)23(26,27)28)14-7-9-15(10-8-14)22(36)37-11-3-4-16(13-32)21(34)24(29,30)31/h1-2,5-10,12-13,21,33,35H,3-4,11,32,34H2/b16-13-,19-12-,33-20?. The Labute approximate surface area is 213 Å². The molecule has 0 heterocycles. The molecule has 2 aromatic rings. The van der Waals surface area contributed by atoms with Gasteiger partial charge in [0.2, 0.25) is 0 Å². The van der Waals surface area contributed by atoms with Gasteiger partial charge in [-0.3, -0.25) is 5.41 Å². The third-order valence-corrected chi connectivity index (χ3v) is 5.31. The number of carbonyl (C=O) groups excluding carboxylic acids is 1. The number of allylic oxidation sites excluding steroid dienone is 1. The van der Waals surface area contributed by atoms with Gasteiger partial charge < -0.3 is 21.5 Å². The van der Waals surface area contributed by atoms with E-state index in [4.69, 9.17) is 33.2 Å². The Balaban J connectivity index is 2.10. The molecular weight excluding hydrogens is 526 g/mol. The summed E-state index contributed by atoms with van der Waals surface area (Å²) < 4.78 is 82.1. The van der Waals surface area contributed by atoms with E-state index in [2.05, 4.69) is 5.32 Å². The molecule has 37 heavy (non-hydrogen) atoms. The monoisotopic (exact) mass is 548 g/mol. The van der Waals surface area contributed by atoms with Crippen LogP contribution < -0.4 is 16.8 Å². The molecule has 0 saturated heterocycles. The van der Waals surface area contributed by atoms with E-state index in [0.29, 0.717) is 11.8 Å². The number of para-hydroxylation sites is 1. The van der Waals surface area contributed by atoms with Gasteiger partial charge >= 0.3 is 18.3 Å². The number of alkyl halides is 6. The van der Waals surface area contributed by atoms with Crippen LogP contribution in [0, 0.1) is 5.41 Å². The summed E-state index contributed by atoms with van der Waals surface area (Å²) in [5.74, 6) is -0.794. The minimum atomic E-state index is -4.89. The highest BCUT2D eigenvalue weighted by Crippen LogP contribution is 2.28. The highest BCUT2D eigenvalue weighted by Gasteiger charge is 2.38. The van der Waals surface area contributed by atoms with E-state index in [1.54, 1.807) is 12.1 Å². The van der Waals surface area contributed by atoms with Crippen molar-refractivity contribution in [2.45, 2.75) is 31.2 Å². The fourth-order valence-corrected chi connectivity index (χ4v) is 3.17. The third-order valence-electron chi connectivity index (χ3n) is 4.98. The van der Waals surface area contributed by atoms with Crippen molar-refractivity contribution in [1.29, 1.82) is 5.41 Å². The number of esters is 1. The van der Waals surface area contributed by atoms with Crippen LogP contribution in [0.1, 0.15) is 28.8 Å². The zero-order valence-electron chi connectivity index (χ0n) is 19.1. The Morgan fingerprint density at radius 1 is 1.05 bits per heavy atom. The van der Waals surface area contributed by atoms with Crippen LogP contribution in [0.2, 0.25) is 5.02 Å². The summed E-state index contributed by atoms with van der Waals surface area (Å²) in [6.45, 7) is -0.218. The molecule has 13 heteroatoms. The third kappa shape index (κ3) is 8.83. The van der Waals surface area contributed by atoms with Crippen molar-refractivity contribution in [3.63, 3.8) is 0 Å². The summed E-state index contributed by atoms with van der Waals surface area (Å²) in [7, 11) is 0. The number of nitrogens with two attached hydrogens (primary N) is 2. The molecule has 0 amide bonds. The molecule has 0 aliphatic carbocycles. The Kier molecular flexibility index (Phi) is 10.2. The van der Waals surface area contributed by atoms with Crippen molar-refractivity contribution < 1.29 is 35.9 Å². The first-order valence-electron chi connectivity index (χ1n) is 10.6. The van der Waals surface area contributed by atoms with E-state index >= 15 is 0 Å². The minimum Gasteiger partial charge on any atom is -0.462 e. The first kappa shape index (κ1) is 29.7. The van der Waals surface area contributed by atoms with Gasteiger partial charge in [0.1, 0.15) is 11.8 Å². The van der Waals surface area contributed by atoms with Gasteiger partial charge in [-0.1, -0.05) is 35.9 Å².